The first kappa shape index (κ1) is 31.6. The summed E-state index contributed by atoms with van der Waals surface area (Å²) >= 11 is 1.91. The molecule has 0 spiro atoms. The highest BCUT2D eigenvalue weighted by molar-refractivity contribution is 7.26. The molecule has 0 fully saturated rings. The van der Waals surface area contributed by atoms with Gasteiger partial charge in [0.2, 0.25) is 0 Å². The van der Waals surface area contributed by atoms with Gasteiger partial charge in [0.1, 0.15) is 0 Å². The summed E-state index contributed by atoms with van der Waals surface area (Å²) < 4.78 is 2.63. The number of nitrogens with zero attached hydrogens (tertiary/aromatic N) is 1. The van der Waals surface area contributed by atoms with E-state index in [0.717, 1.165) is 0 Å². The van der Waals surface area contributed by atoms with Crippen LogP contribution in [-0.2, 0) is 10.8 Å². The minimum Gasteiger partial charge on any atom is -0.310 e. The molecule has 54 heavy (non-hydrogen) atoms. The Bertz CT molecular complexity index is 2890. The lowest BCUT2D eigenvalue weighted by molar-refractivity contribution is 0.660. The van der Waals surface area contributed by atoms with Crippen LogP contribution in [0, 0.1) is 0 Å². The van der Waals surface area contributed by atoms with E-state index in [1.807, 2.05) is 11.3 Å². The average Bonchev–Trinajstić information content (AvgIpc) is 3.78. The van der Waals surface area contributed by atoms with Gasteiger partial charge in [0.25, 0.3) is 0 Å². The molecule has 0 bridgehead atoms. The van der Waals surface area contributed by atoms with E-state index in [2.05, 4.69) is 196 Å². The highest BCUT2D eigenvalue weighted by Crippen LogP contribution is 2.55. The van der Waals surface area contributed by atoms with E-state index in [1.54, 1.807) is 0 Å². The van der Waals surface area contributed by atoms with Crippen molar-refractivity contribution in [2.45, 2.75) is 38.5 Å². The average molecular weight is 710 g/mol. The number of fused-ring (bicyclic) bond motifs is 11. The largest absolute Gasteiger partial charge is 0.310 e. The molecule has 0 saturated heterocycles. The molecule has 0 aliphatic heterocycles. The Morgan fingerprint density at radius 1 is 0.407 bits per heavy atom. The molecule has 0 atom stereocenters. The van der Waals surface area contributed by atoms with Crippen molar-refractivity contribution in [2.75, 3.05) is 4.90 Å². The third kappa shape index (κ3) is 4.32. The minimum absolute atomic E-state index is 0.111. The van der Waals surface area contributed by atoms with Gasteiger partial charge < -0.3 is 4.90 Å². The Hall–Kier alpha value is -5.96. The predicted octanol–water partition coefficient (Wildman–Crippen LogP) is 15.0. The maximum absolute atomic E-state index is 2.55. The molecule has 2 heteroatoms. The summed E-state index contributed by atoms with van der Waals surface area (Å²) in [7, 11) is 0. The summed E-state index contributed by atoms with van der Waals surface area (Å²) in [6.45, 7) is 9.52. The molecule has 1 aromatic heterocycles. The molecule has 258 valence electrons. The first-order valence-electron chi connectivity index (χ1n) is 19.0. The molecule has 0 saturated carbocycles. The fourth-order valence-corrected chi connectivity index (χ4v) is 11.0. The number of benzene rings is 8. The van der Waals surface area contributed by atoms with Crippen molar-refractivity contribution in [3.8, 4) is 33.4 Å². The molecule has 0 unspecified atom stereocenters. The maximum atomic E-state index is 2.55. The Kier molecular flexibility index (Phi) is 6.59. The number of anilines is 3. The molecule has 2 aliphatic rings. The topological polar surface area (TPSA) is 3.24 Å². The summed E-state index contributed by atoms with van der Waals surface area (Å²) in [4.78, 5) is 2.55. The maximum Gasteiger partial charge on any atom is 0.0554 e. The van der Waals surface area contributed by atoms with Gasteiger partial charge in [0.15, 0.2) is 0 Å². The fraction of sp³-hybridized carbons (Fsp3) is 0.115. The van der Waals surface area contributed by atoms with E-state index < -0.39 is 0 Å². The third-order valence-electron chi connectivity index (χ3n) is 12.5. The Labute approximate surface area is 320 Å². The summed E-state index contributed by atoms with van der Waals surface area (Å²) in [5.41, 5.74) is 16.8. The van der Waals surface area contributed by atoms with Crippen LogP contribution in [0.4, 0.5) is 17.1 Å². The molecular weight excluding hydrogens is 671 g/mol. The molecule has 0 amide bonds. The van der Waals surface area contributed by atoms with Gasteiger partial charge in [-0.2, -0.15) is 0 Å². The highest BCUT2D eigenvalue weighted by Gasteiger charge is 2.38. The number of hydrogen-bond donors (Lipinski definition) is 0. The Balaban J connectivity index is 1.21. The lowest BCUT2D eigenvalue weighted by Crippen LogP contribution is -2.18. The van der Waals surface area contributed by atoms with Crippen LogP contribution in [0.15, 0.2) is 164 Å². The van der Waals surface area contributed by atoms with E-state index in [9.17, 15) is 0 Å². The minimum atomic E-state index is -0.111. The predicted molar refractivity (Wildman–Crippen MR) is 232 cm³/mol. The first-order valence-corrected chi connectivity index (χ1v) is 19.8. The van der Waals surface area contributed by atoms with Crippen molar-refractivity contribution in [3.63, 3.8) is 0 Å². The van der Waals surface area contributed by atoms with Crippen molar-refractivity contribution in [3.05, 3.63) is 186 Å². The van der Waals surface area contributed by atoms with E-state index in [1.165, 1.54) is 104 Å². The number of hydrogen-bond acceptors (Lipinski definition) is 2. The van der Waals surface area contributed by atoms with Crippen molar-refractivity contribution < 1.29 is 0 Å². The monoisotopic (exact) mass is 709 g/mol. The second-order valence-corrected chi connectivity index (χ2v) is 17.2. The zero-order valence-corrected chi connectivity index (χ0v) is 31.8. The summed E-state index contributed by atoms with van der Waals surface area (Å²) in [6, 6.07) is 61.4. The smallest absolute Gasteiger partial charge is 0.0554 e. The van der Waals surface area contributed by atoms with Crippen molar-refractivity contribution in [1.29, 1.82) is 0 Å². The van der Waals surface area contributed by atoms with Gasteiger partial charge >= 0.3 is 0 Å². The van der Waals surface area contributed by atoms with Crippen LogP contribution in [0.25, 0.3) is 64.3 Å². The summed E-state index contributed by atoms with van der Waals surface area (Å²) in [5.74, 6) is 0. The molecular formula is C52H39NS. The number of thiophene rings is 1. The quantitative estimate of drug-likeness (QED) is 0.176. The molecule has 11 rings (SSSR count). The van der Waals surface area contributed by atoms with Crippen LogP contribution in [0.1, 0.15) is 49.9 Å². The van der Waals surface area contributed by atoms with Gasteiger partial charge in [-0.15, -0.1) is 11.3 Å². The highest BCUT2D eigenvalue weighted by atomic mass is 32.1. The van der Waals surface area contributed by atoms with Gasteiger partial charge in [-0.25, -0.2) is 0 Å². The van der Waals surface area contributed by atoms with E-state index >= 15 is 0 Å². The second kappa shape index (κ2) is 11.3. The summed E-state index contributed by atoms with van der Waals surface area (Å²) in [5, 5.41) is 5.20. The van der Waals surface area contributed by atoms with Crippen LogP contribution in [0.3, 0.4) is 0 Å². The van der Waals surface area contributed by atoms with Crippen molar-refractivity contribution in [1.82, 2.24) is 0 Å². The molecule has 1 nitrogen and oxygen atoms in total. The zero-order valence-electron chi connectivity index (χ0n) is 30.9. The van der Waals surface area contributed by atoms with E-state index in [-0.39, 0.29) is 10.8 Å². The van der Waals surface area contributed by atoms with Crippen LogP contribution in [-0.4, -0.2) is 0 Å². The van der Waals surface area contributed by atoms with Crippen LogP contribution < -0.4 is 4.90 Å². The van der Waals surface area contributed by atoms with Crippen LogP contribution in [0.5, 0.6) is 0 Å². The van der Waals surface area contributed by atoms with Crippen molar-refractivity contribution in [2.24, 2.45) is 0 Å². The molecule has 8 aromatic carbocycles. The normalized spacial score (nSPS) is 14.6. The molecule has 1 heterocycles. The van der Waals surface area contributed by atoms with Gasteiger partial charge in [-0.05, 0) is 103 Å². The van der Waals surface area contributed by atoms with Gasteiger partial charge in [-0.1, -0.05) is 149 Å². The third-order valence-corrected chi connectivity index (χ3v) is 13.7. The molecule has 0 radical (unpaired) electrons. The lowest BCUT2D eigenvalue weighted by atomic mass is 9.82. The van der Waals surface area contributed by atoms with Gasteiger partial charge in [-0.3, -0.25) is 0 Å². The Morgan fingerprint density at radius 3 is 1.57 bits per heavy atom. The number of rotatable bonds is 4. The molecule has 0 N–H and O–H groups in total. The summed E-state index contributed by atoms with van der Waals surface area (Å²) in [6.07, 6.45) is 0. The molecule has 9 aromatic rings. The SMILES string of the molecule is CC1(C)c2ccccc2-c2ccc(N(c3ccc4c(c3)C(C)(C)c3ccccc3-4)c3cccc4sc5c6ccccc6c(-c6ccccc6)cc5c34)cc21. The zero-order chi connectivity index (χ0) is 36.3. The van der Waals surface area contributed by atoms with Gasteiger partial charge in [0, 0.05) is 47.8 Å². The fourth-order valence-electron chi connectivity index (χ4n) is 9.76. The molecule has 2 aliphatic carbocycles. The van der Waals surface area contributed by atoms with Crippen LogP contribution >= 0.6 is 11.3 Å². The van der Waals surface area contributed by atoms with Gasteiger partial charge in [0.05, 0.1) is 5.69 Å². The van der Waals surface area contributed by atoms with Crippen LogP contribution in [0.2, 0.25) is 0 Å². The standard InChI is InChI=1S/C52H39NS/c1-51(2)43-21-12-10-18-36(43)38-27-25-33(29-45(38)51)53(34-26-28-39-37-19-11-13-22-44(37)52(3,4)46(39)30-34)47-23-14-24-48-49(47)42-31-41(32-15-6-5-7-16-32)35-17-8-9-20-40(35)50(42)54-48/h5-31H,1-4H3. The second-order valence-electron chi connectivity index (χ2n) is 16.1. The lowest BCUT2D eigenvalue weighted by Gasteiger charge is -2.30. The first-order chi connectivity index (χ1) is 26.3. The van der Waals surface area contributed by atoms with E-state index in [4.69, 9.17) is 0 Å². The Morgan fingerprint density at radius 2 is 0.944 bits per heavy atom. The van der Waals surface area contributed by atoms with Crippen molar-refractivity contribution >= 4 is 59.3 Å². The van der Waals surface area contributed by atoms with E-state index in [0.29, 0.717) is 0 Å².